The maximum Gasteiger partial charge on any atom is 0.222 e. The predicted octanol–water partition coefficient (Wildman–Crippen LogP) is 3.48. The number of halogens is 2. The van der Waals surface area contributed by atoms with Crippen LogP contribution in [0.15, 0.2) is 18.2 Å². The maximum absolute atomic E-state index is 13.3. The molecule has 0 saturated carbocycles. The summed E-state index contributed by atoms with van der Waals surface area (Å²) in [5.74, 6) is 0.160. The Morgan fingerprint density at radius 1 is 1.04 bits per heavy atom. The second kappa shape index (κ2) is 8.26. The van der Waals surface area contributed by atoms with Crippen LogP contribution in [-0.4, -0.2) is 48.9 Å². The molecule has 2 saturated heterocycles. The van der Waals surface area contributed by atoms with Gasteiger partial charge in [-0.05, 0) is 81.8 Å². The topological polar surface area (TPSA) is 23.6 Å². The first-order valence-electron chi connectivity index (χ1n) is 9.41. The van der Waals surface area contributed by atoms with E-state index in [4.69, 9.17) is 0 Å². The van der Waals surface area contributed by atoms with Crippen LogP contribution in [0.3, 0.4) is 0 Å². The minimum atomic E-state index is -0.529. The summed E-state index contributed by atoms with van der Waals surface area (Å²) in [5, 5.41) is 0. The first-order valence-corrected chi connectivity index (χ1v) is 9.41. The molecule has 0 N–H and O–H groups in total. The second-order valence-corrected chi connectivity index (χ2v) is 7.76. The van der Waals surface area contributed by atoms with Gasteiger partial charge < -0.3 is 9.80 Å². The Morgan fingerprint density at radius 3 is 2.36 bits per heavy atom. The quantitative estimate of drug-likeness (QED) is 0.812. The highest BCUT2D eigenvalue weighted by Gasteiger charge is 2.27. The number of carbonyl (C=O) groups excluding carboxylic acids is 1. The molecule has 3 nitrogen and oxygen atoms in total. The molecule has 0 radical (unpaired) electrons. The summed E-state index contributed by atoms with van der Waals surface area (Å²) in [6.07, 6.45) is 5.55. The summed E-state index contributed by atoms with van der Waals surface area (Å²) in [7, 11) is 2.15. The van der Waals surface area contributed by atoms with Gasteiger partial charge in [0.1, 0.15) is 11.6 Å². The zero-order chi connectivity index (χ0) is 17.8. The third kappa shape index (κ3) is 5.24. The van der Waals surface area contributed by atoms with Gasteiger partial charge in [0.2, 0.25) is 5.91 Å². The van der Waals surface area contributed by atoms with E-state index in [2.05, 4.69) is 11.9 Å². The third-order valence-electron chi connectivity index (χ3n) is 5.69. The lowest BCUT2D eigenvalue weighted by Crippen LogP contribution is -2.32. The van der Waals surface area contributed by atoms with Gasteiger partial charge in [-0.2, -0.15) is 0 Å². The van der Waals surface area contributed by atoms with Crippen molar-refractivity contribution in [1.82, 2.24) is 9.80 Å². The molecule has 0 aromatic heterocycles. The van der Waals surface area contributed by atoms with E-state index in [1.54, 1.807) is 0 Å². The van der Waals surface area contributed by atoms with Crippen LogP contribution in [0.4, 0.5) is 8.78 Å². The van der Waals surface area contributed by atoms with Crippen LogP contribution in [0.25, 0.3) is 0 Å². The molecule has 1 aromatic carbocycles. The highest BCUT2D eigenvalue weighted by Crippen LogP contribution is 2.25. The van der Waals surface area contributed by atoms with Crippen molar-refractivity contribution in [2.24, 2.45) is 11.8 Å². The van der Waals surface area contributed by atoms with Gasteiger partial charge in [0.05, 0.1) is 0 Å². The van der Waals surface area contributed by atoms with Gasteiger partial charge in [-0.15, -0.1) is 0 Å². The van der Waals surface area contributed by atoms with Crippen LogP contribution in [0.2, 0.25) is 0 Å². The first kappa shape index (κ1) is 18.3. The molecule has 3 rings (SSSR count). The van der Waals surface area contributed by atoms with Crippen molar-refractivity contribution >= 4 is 5.91 Å². The summed E-state index contributed by atoms with van der Waals surface area (Å²) >= 11 is 0. The second-order valence-electron chi connectivity index (χ2n) is 7.76. The third-order valence-corrected chi connectivity index (χ3v) is 5.69. The maximum atomic E-state index is 13.3. The lowest BCUT2D eigenvalue weighted by atomic mass is 9.92. The van der Waals surface area contributed by atoms with Crippen molar-refractivity contribution in [3.05, 3.63) is 35.4 Å². The van der Waals surface area contributed by atoms with Crippen LogP contribution in [0, 0.1) is 23.5 Å². The number of hydrogen-bond donors (Lipinski definition) is 0. The van der Waals surface area contributed by atoms with Crippen LogP contribution >= 0.6 is 0 Å². The van der Waals surface area contributed by atoms with E-state index in [0.29, 0.717) is 36.8 Å². The van der Waals surface area contributed by atoms with Crippen LogP contribution < -0.4 is 0 Å². The molecule has 0 bridgehead atoms. The summed E-state index contributed by atoms with van der Waals surface area (Å²) < 4.78 is 26.6. The highest BCUT2D eigenvalue weighted by molar-refractivity contribution is 5.76. The number of piperidine rings is 1. The Balaban J connectivity index is 1.43. The standard InChI is InChI=1S/C20H28F2N2O/c1-23-7-4-15(5-8-23)2-3-20(25)24-9-6-16(14-24)10-17-11-18(21)13-19(22)12-17/h11-13,15-16H,2-10,14H2,1H3. The number of rotatable bonds is 5. The van der Waals surface area contributed by atoms with E-state index in [0.717, 1.165) is 38.5 Å². The summed E-state index contributed by atoms with van der Waals surface area (Å²) in [6, 6.07) is 3.69. The fourth-order valence-corrected chi connectivity index (χ4v) is 4.12. The van der Waals surface area contributed by atoms with Gasteiger partial charge >= 0.3 is 0 Å². The Bertz CT molecular complexity index is 579. The summed E-state index contributed by atoms with van der Waals surface area (Å²) in [4.78, 5) is 16.7. The normalized spacial score (nSPS) is 22.5. The molecule has 2 fully saturated rings. The molecule has 1 amide bonds. The molecule has 138 valence electrons. The Morgan fingerprint density at radius 2 is 1.68 bits per heavy atom. The minimum Gasteiger partial charge on any atom is -0.342 e. The lowest BCUT2D eigenvalue weighted by molar-refractivity contribution is -0.130. The van der Waals surface area contributed by atoms with Gasteiger partial charge in [-0.1, -0.05) is 0 Å². The molecule has 1 unspecified atom stereocenters. The fourth-order valence-electron chi connectivity index (χ4n) is 4.12. The zero-order valence-electron chi connectivity index (χ0n) is 15.0. The lowest BCUT2D eigenvalue weighted by Gasteiger charge is -2.29. The van der Waals surface area contributed by atoms with Crippen molar-refractivity contribution in [2.75, 3.05) is 33.2 Å². The molecule has 0 aliphatic carbocycles. The van der Waals surface area contributed by atoms with Crippen molar-refractivity contribution in [1.29, 1.82) is 0 Å². The van der Waals surface area contributed by atoms with E-state index in [1.165, 1.54) is 25.0 Å². The Labute approximate surface area is 149 Å². The minimum absolute atomic E-state index is 0.242. The summed E-state index contributed by atoms with van der Waals surface area (Å²) in [6.45, 7) is 3.75. The number of likely N-dealkylation sites (tertiary alicyclic amines) is 2. The van der Waals surface area contributed by atoms with Gasteiger partial charge in [-0.3, -0.25) is 4.79 Å². The van der Waals surface area contributed by atoms with Crippen molar-refractivity contribution in [3.63, 3.8) is 0 Å². The Hall–Kier alpha value is -1.49. The van der Waals surface area contributed by atoms with Gasteiger partial charge in [0, 0.05) is 25.6 Å². The first-order chi connectivity index (χ1) is 12.0. The fraction of sp³-hybridized carbons (Fsp3) is 0.650. The van der Waals surface area contributed by atoms with Crippen LogP contribution in [0.5, 0.6) is 0 Å². The number of benzene rings is 1. The van der Waals surface area contributed by atoms with Crippen molar-refractivity contribution in [3.8, 4) is 0 Å². The van der Waals surface area contributed by atoms with Gasteiger partial charge in [0.25, 0.3) is 0 Å². The molecule has 2 aliphatic rings. The molecule has 0 spiro atoms. The summed E-state index contributed by atoms with van der Waals surface area (Å²) in [5.41, 5.74) is 0.683. The van der Waals surface area contributed by atoms with Crippen LogP contribution in [-0.2, 0) is 11.2 Å². The molecule has 1 atom stereocenters. The number of amides is 1. The van der Waals surface area contributed by atoms with E-state index in [1.807, 2.05) is 4.90 Å². The van der Waals surface area contributed by atoms with Gasteiger partial charge in [-0.25, -0.2) is 8.78 Å². The SMILES string of the molecule is CN1CCC(CCC(=O)N2CCC(Cc3cc(F)cc(F)c3)C2)CC1. The predicted molar refractivity (Wildman–Crippen MR) is 94.2 cm³/mol. The molecule has 2 aliphatic heterocycles. The van der Waals surface area contributed by atoms with Crippen molar-refractivity contribution in [2.45, 2.75) is 38.5 Å². The molecule has 2 heterocycles. The monoisotopic (exact) mass is 350 g/mol. The highest BCUT2D eigenvalue weighted by atomic mass is 19.1. The van der Waals surface area contributed by atoms with Gasteiger partial charge in [0.15, 0.2) is 0 Å². The van der Waals surface area contributed by atoms with Crippen LogP contribution in [0.1, 0.15) is 37.7 Å². The average Bonchev–Trinajstić information content (AvgIpc) is 3.01. The smallest absolute Gasteiger partial charge is 0.222 e. The van der Waals surface area contributed by atoms with Crippen molar-refractivity contribution < 1.29 is 13.6 Å². The molecular weight excluding hydrogens is 322 g/mol. The molecule has 25 heavy (non-hydrogen) atoms. The van der Waals surface area contributed by atoms with E-state index in [9.17, 15) is 13.6 Å². The molecular formula is C20H28F2N2O. The zero-order valence-corrected chi connectivity index (χ0v) is 15.0. The Kier molecular flexibility index (Phi) is 6.05. The number of hydrogen-bond acceptors (Lipinski definition) is 2. The largest absolute Gasteiger partial charge is 0.342 e. The average molecular weight is 350 g/mol. The molecule has 5 heteroatoms. The van der Waals surface area contributed by atoms with E-state index < -0.39 is 11.6 Å². The number of carbonyl (C=O) groups is 1. The van der Waals surface area contributed by atoms with E-state index >= 15 is 0 Å². The van der Waals surface area contributed by atoms with E-state index in [-0.39, 0.29) is 5.91 Å². The number of nitrogens with zero attached hydrogens (tertiary/aromatic N) is 2. The molecule has 1 aromatic rings.